The molecule has 0 aliphatic heterocycles. The molecule has 0 radical (unpaired) electrons. The molecule has 6 aliphatic carbocycles. The normalized spacial score (nSPS) is 43.7. The molecule has 0 spiro atoms. The second kappa shape index (κ2) is 19.5. The molecule has 8 nitrogen and oxygen atoms in total. The number of Topliss-reactive ketones (excluding diaryl/α,β-unsaturated/α-hetero) is 2. The molecule has 4 bridgehead atoms. The van der Waals surface area contributed by atoms with E-state index in [-0.39, 0.29) is 73.5 Å². The monoisotopic (exact) mass is 996 g/mol. The Labute approximate surface area is 390 Å². The van der Waals surface area contributed by atoms with Gasteiger partial charge in [0.15, 0.2) is 0 Å². The summed E-state index contributed by atoms with van der Waals surface area (Å²) in [4.78, 5) is 50.4. The van der Waals surface area contributed by atoms with E-state index in [4.69, 9.17) is 77.3 Å². The minimum absolute atomic E-state index is 0. The van der Waals surface area contributed by atoms with E-state index >= 15 is 0 Å². The fourth-order valence-electron chi connectivity index (χ4n) is 13.3. The van der Waals surface area contributed by atoms with E-state index in [1.165, 1.54) is 0 Å². The summed E-state index contributed by atoms with van der Waals surface area (Å²) >= 11 is 30.6. The molecule has 16 heteroatoms. The Morgan fingerprint density at radius 2 is 1.23 bits per heavy atom. The summed E-state index contributed by atoms with van der Waals surface area (Å²) in [5.41, 5.74) is -0.806. The van der Waals surface area contributed by atoms with E-state index in [9.17, 15) is 29.4 Å². The predicted octanol–water partition coefficient (Wildman–Crippen LogP) is 12.2. The van der Waals surface area contributed by atoms with Gasteiger partial charge < -0.3 is 19.7 Å². The fraction of sp³-hybridized carbons (Fsp3) is 0.773. The second-order valence-corrected chi connectivity index (χ2v) is 36.2. The fourth-order valence-corrected chi connectivity index (χ4v) is 13.3. The van der Waals surface area contributed by atoms with Crippen LogP contribution in [0.4, 0.5) is 0 Å². The number of aliphatic hydroxyl groups excluding tert-OH is 2. The summed E-state index contributed by atoms with van der Waals surface area (Å²) in [6, 6.07) is 0. The number of halogens is 6. The van der Waals surface area contributed by atoms with Crippen LogP contribution in [0.3, 0.4) is 0 Å². The maximum absolute atomic E-state index is 13.1. The first kappa shape index (κ1) is 54.4. The van der Waals surface area contributed by atoms with Crippen LogP contribution in [0.2, 0.25) is 0 Å². The molecule has 0 aromatic rings. The molecule has 2 N–H and O–H groups in total. The van der Waals surface area contributed by atoms with Crippen molar-refractivity contribution in [3.8, 4) is 0 Å². The molecular formula is C44H68Cl6O8P2. The van der Waals surface area contributed by atoms with Crippen molar-refractivity contribution < 1.29 is 38.9 Å². The third kappa shape index (κ3) is 10.2. The summed E-state index contributed by atoms with van der Waals surface area (Å²) in [5, 5.41) is 20.6. The van der Waals surface area contributed by atoms with Crippen molar-refractivity contribution in [3.05, 3.63) is 37.5 Å². The van der Waals surface area contributed by atoms with Crippen LogP contribution in [0.25, 0.3) is 0 Å². The Hall–Kier alpha value is 0.0200. The minimum Gasteiger partial charge on any atom is -0.153 e. The molecule has 0 heterocycles. The smallest absolute Gasteiger partial charge is 0.153 e. The zero-order valence-corrected chi connectivity index (χ0v) is 43.1. The van der Waals surface area contributed by atoms with Gasteiger partial charge in [-0.25, -0.2) is 4.79 Å². The summed E-state index contributed by atoms with van der Waals surface area (Å²) in [6.45, 7) is 26.4. The number of alkyl halides is 1. The maximum atomic E-state index is 13.1. The molecule has 0 aromatic heterocycles. The molecule has 1 unspecified atom stereocenters. The van der Waals surface area contributed by atoms with Crippen molar-refractivity contribution in [2.24, 2.45) is 68.5 Å². The van der Waals surface area contributed by atoms with E-state index in [1.807, 2.05) is 13.0 Å². The third-order valence-electron chi connectivity index (χ3n) is 17.0. The van der Waals surface area contributed by atoms with Crippen molar-refractivity contribution >= 4 is 105 Å². The van der Waals surface area contributed by atoms with E-state index < -0.39 is 45.0 Å². The number of carbonyl (C=O) groups excluding carboxylic acids is 4. The van der Waals surface area contributed by atoms with Gasteiger partial charge in [-0.3, -0.25) is 14.4 Å². The van der Waals surface area contributed by atoms with E-state index in [2.05, 4.69) is 61.3 Å². The summed E-state index contributed by atoms with van der Waals surface area (Å²) in [6.07, 6.45) is 10.0. The third-order valence-corrected chi connectivity index (χ3v) is 17.2. The van der Waals surface area contributed by atoms with Crippen molar-refractivity contribution in [2.45, 2.75) is 131 Å². The zero-order chi connectivity index (χ0) is 44.9. The van der Waals surface area contributed by atoms with Crippen LogP contribution in [0.15, 0.2) is 37.5 Å². The molecule has 6 saturated carbocycles. The van der Waals surface area contributed by atoms with Gasteiger partial charge >= 0.3 is 71.5 Å². The average Bonchev–Trinajstić information content (AvgIpc) is 3.70. The van der Waals surface area contributed by atoms with Crippen molar-refractivity contribution in [1.29, 1.82) is 0 Å². The first-order valence-corrected chi connectivity index (χ1v) is 28.2. The number of esters is 2. The molecule has 6 fully saturated rings. The van der Waals surface area contributed by atoms with Crippen LogP contribution < -0.4 is 0 Å². The molecule has 344 valence electrons. The average molecular weight is 1000 g/mol. The van der Waals surface area contributed by atoms with Gasteiger partial charge in [0.25, 0.3) is 0 Å². The van der Waals surface area contributed by atoms with Crippen molar-refractivity contribution in [3.63, 3.8) is 0 Å². The van der Waals surface area contributed by atoms with Gasteiger partial charge in [-0.05, 0) is 91.8 Å². The van der Waals surface area contributed by atoms with Gasteiger partial charge in [0.1, 0.15) is 36.3 Å². The van der Waals surface area contributed by atoms with Crippen LogP contribution in [-0.4, -0.2) is 64.5 Å². The first-order valence-electron chi connectivity index (χ1n) is 20.9. The Morgan fingerprint density at radius 3 is 1.65 bits per heavy atom. The molecule has 16 atom stereocenters. The Kier molecular flexibility index (Phi) is 17.6. The molecule has 0 aromatic carbocycles. The number of carbonyl (C=O) groups is 4. The topological polar surface area (TPSA) is 127 Å². The summed E-state index contributed by atoms with van der Waals surface area (Å²) < 4.78 is 7.99. The number of aliphatic hydroxyl groups is 2. The Bertz CT molecular complexity index is 1670. The van der Waals surface area contributed by atoms with E-state index in [0.29, 0.717) is 43.3 Å². The van der Waals surface area contributed by atoms with Gasteiger partial charge in [-0.2, -0.15) is 9.90 Å². The van der Waals surface area contributed by atoms with E-state index in [0.717, 1.165) is 44.1 Å². The van der Waals surface area contributed by atoms with Crippen LogP contribution in [-0.2, 0) is 28.7 Å². The number of rotatable bonds is 7. The number of hydrogen-bond donors (Lipinski definition) is 2. The summed E-state index contributed by atoms with van der Waals surface area (Å²) in [5.74, 6) is 0.0216. The number of ether oxygens (including phenoxy) is 2. The van der Waals surface area contributed by atoms with Gasteiger partial charge in [0.2, 0.25) is 0 Å². The van der Waals surface area contributed by atoms with Gasteiger partial charge in [-0.15, -0.1) is 18.2 Å². The van der Waals surface area contributed by atoms with E-state index in [1.54, 1.807) is 6.08 Å². The summed E-state index contributed by atoms with van der Waals surface area (Å²) in [7, 11) is 0. The van der Waals surface area contributed by atoms with Crippen LogP contribution >= 0.6 is 81.1 Å². The zero-order valence-electron chi connectivity index (χ0n) is 36.3. The van der Waals surface area contributed by atoms with Crippen molar-refractivity contribution in [2.75, 3.05) is 12.5 Å². The predicted molar refractivity (Wildman–Crippen MR) is 253 cm³/mol. The van der Waals surface area contributed by atoms with Crippen LogP contribution in [0, 0.1) is 68.5 Å². The van der Waals surface area contributed by atoms with Crippen molar-refractivity contribution in [1.82, 2.24) is 0 Å². The quantitative estimate of drug-likeness (QED) is 0.0849. The molecule has 6 aliphatic rings. The molecule has 60 heavy (non-hydrogen) atoms. The standard InChI is InChI=1S/C22H31ClO3.C22H34O5.Cl5P.H3P/c1-6-13(2)16-11-18(26-19(25)12-23)21(5)14(3)7-9-22(15(16)4)10-8-17(24)20(21)22;1-6-20(4)11-16(27-17(25)12-23)21(5)13(2)7-9-22(14(3)19(20)26)10-8-15(24)18(21)22;1-6(2,3,4)5;/h6,14-16,18,20H,1-2,7-12H2,3-5H3;6,13-14,16,18-19,23,26H,1,7-12H2,2-5H3;;1H3/t14-,15+,16+,18-,20+,21+,22+;13-,14+,16-,18+,19+,20-,21+,22+;;/m11../s1. The van der Waals surface area contributed by atoms with Gasteiger partial charge in [-0.1, -0.05) is 79.3 Å². The van der Waals surface area contributed by atoms with Crippen LogP contribution in [0.1, 0.15) is 113 Å². The molecule has 6 rings (SSSR count). The number of ketones is 2. The Balaban J connectivity index is 0.000000278. The molecule has 0 amide bonds. The van der Waals surface area contributed by atoms with Gasteiger partial charge in [0, 0.05) is 40.9 Å². The number of hydrogen-bond acceptors (Lipinski definition) is 8. The number of allylic oxidation sites excluding steroid dienone is 2. The first-order chi connectivity index (χ1) is 27.0. The van der Waals surface area contributed by atoms with Crippen LogP contribution in [0.5, 0.6) is 0 Å². The SMILES string of the molecule is C=CC(=C)[C@@H]1C[C@@H](OC(=O)CCl)[C@]2(C)[C@H](C)CC[C@]3(CCC(=O)[C@H]32)[C@H]1C.C=C[C@]1(C)C[C@@H](OC(=O)CO)[C@]2(C)[C@H](C)CC[C@]3(CCC(=O)[C@H]32)[C@@H](C)[C@@H]1O.ClP(Cl)(Cl)(Cl)Cl.P. The minimum atomic E-state index is -3.69. The second-order valence-electron chi connectivity index (χ2n) is 19.3. The molecular weight excluding hydrogens is 931 g/mol. The molecule has 0 saturated heterocycles. The van der Waals surface area contributed by atoms with Gasteiger partial charge in [0.05, 0.1) is 6.10 Å². The largest absolute Gasteiger partial charge is 0.153 e. The maximum Gasteiger partial charge on any atom is -0.153 e. The Morgan fingerprint density at radius 1 is 0.800 bits per heavy atom.